The Hall–Kier alpha value is -2.81. The van der Waals surface area contributed by atoms with Gasteiger partial charge in [0.1, 0.15) is 5.69 Å². The second-order valence-electron chi connectivity index (χ2n) is 4.99. The molecule has 23 heavy (non-hydrogen) atoms. The van der Waals surface area contributed by atoms with Crippen molar-refractivity contribution in [3.63, 3.8) is 0 Å². The third-order valence-corrected chi connectivity index (χ3v) is 4.32. The van der Waals surface area contributed by atoms with E-state index in [0.29, 0.717) is 17.2 Å². The minimum atomic E-state index is -3.27. The predicted octanol–water partition coefficient (Wildman–Crippen LogP) is 1.09. The molecule has 3 rings (SSSR count). The van der Waals surface area contributed by atoms with Crippen LogP contribution in [0.4, 0.5) is 5.69 Å². The van der Waals surface area contributed by atoms with E-state index < -0.39 is 15.7 Å². The van der Waals surface area contributed by atoms with E-state index in [1.54, 1.807) is 19.1 Å². The molecule has 2 aromatic heterocycles. The Morgan fingerprint density at radius 2 is 1.78 bits per heavy atom. The molecule has 118 valence electrons. The largest absolute Gasteiger partial charge is 0.321 e. The standard InChI is InChI=1S/C14H13N5O3S/c1-9-16-17-13-8-7-12(18-19(9)13)14(20)15-10-3-5-11(6-4-10)23(2,21)22/h3-8H,1-2H3,(H,15,20). The number of aryl methyl sites for hydroxylation is 1. The van der Waals surface area contributed by atoms with Crippen molar-refractivity contribution in [3.05, 3.63) is 47.9 Å². The first-order valence-electron chi connectivity index (χ1n) is 6.65. The van der Waals surface area contributed by atoms with E-state index in [2.05, 4.69) is 20.6 Å². The van der Waals surface area contributed by atoms with Crippen LogP contribution in [0.1, 0.15) is 16.3 Å². The van der Waals surface area contributed by atoms with Crippen LogP contribution in [0.15, 0.2) is 41.3 Å². The molecule has 1 aromatic carbocycles. The van der Waals surface area contributed by atoms with Crippen LogP contribution < -0.4 is 5.32 Å². The maximum Gasteiger partial charge on any atom is 0.276 e. The van der Waals surface area contributed by atoms with Crippen molar-refractivity contribution in [2.24, 2.45) is 0 Å². The van der Waals surface area contributed by atoms with Gasteiger partial charge in [-0.15, -0.1) is 10.2 Å². The van der Waals surface area contributed by atoms with Crippen molar-refractivity contribution in [1.29, 1.82) is 0 Å². The number of anilines is 1. The van der Waals surface area contributed by atoms with Gasteiger partial charge in [0, 0.05) is 11.9 Å². The summed E-state index contributed by atoms with van der Waals surface area (Å²) in [6.45, 7) is 1.73. The molecule has 0 radical (unpaired) electrons. The summed E-state index contributed by atoms with van der Waals surface area (Å²) >= 11 is 0. The van der Waals surface area contributed by atoms with E-state index in [9.17, 15) is 13.2 Å². The summed E-state index contributed by atoms with van der Waals surface area (Å²) in [7, 11) is -3.27. The topological polar surface area (TPSA) is 106 Å². The van der Waals surface area contributed by atoms with Gasteiger partial charge in [0.05, 0.1) is 4.90 Å². The zero-order chi connectivity index (χ0) is 16.6. The molecule has 0 saturated heterocycles. The average Bonchev–Trinajstić information content (AvgIpc) is 2.88. The molecule has 0 spiro atoms. The lowest BCUT2D eigenvalue weighted by Crippen LogP contribution is -2.15. The highest BCUT2D eigenvalue weighted by atomic mass is 32.2. The molecule has 0 aliphatic carbocycles. The summed E-state index contributed by atoms with van der Waals surface area (Å²) in [5.41, 5.74) is 1.23. The summed E-state index contributed by atoms with van der Waals surface area (Å²) in [5.74, 6) is 0.166. The number of carbonyl (C=O) groups is 1. The van der Waals surface area contributed by atoms with Gasteiger partial charge < -0.3 is 5.32 Å². The van der Waals surface area contributed by atoms with Gasteiger partial charge in [-0.2, -0.15) is 9.61 Å². The molecule has 0 unspecified atom stereocenters. The summed E-state index contributed by atoms with van der Waals surface area (Å²) in [6, 6.07) is 9.11. The quantitative estimate of drug-likeness (QED) is 0.770. The van der Waals surface area contributed by atoms with Crippen molar-refractivity contribution < 1.29 is 13.2 Å². The highest BCUT2D eigenvalue weighted by Gasteiger charge is 2.12. The molecule has 0 aliphatic rings. The Morgan fingerprint density at radius 3 is 2.43 bits per heavy atom. The fraction of sp³-hybridized carbons (Fsp3) is 0.143. The van der Waals surface area contributed by atoms with Gasteiger partial charge in [0.15, 0.2) is 21.3 Å². The normalized spacial score (nSPS) is 11.6. The molecule has 0 saturated carbocycles. The number of carbonyl (C=O) groups excluding carboxylic acids is 1. The van der Waals surface area contributed by atoms with Crippen LogP contribution >= 0.6 is 0 Å². The molecule has 3 aromatic rings. The number of fused-ring (bicyclic) bond motifs is 1. The molecule has 1 amide bonds. The Balaban J connectivity index is 1.84. The maximum atomic E-state index is 12.2. The summed E-state index contributed by atoms with van der Waals surface area (Å²) in [4.78, 5) is 12.4. The fourth-order valence-electron chi connectivity index (χ4n) is 2.00. The number of sulfone groups is 1. The Labute approximate surface area is 132 Å². The van der Waals surface area contributed by atoms with Crippen molar-refractivity contribution in [3.8, 4) is 0 Å². The van der Waals surface area contributed by atoms with Gasteiger partial charge in [0.25, 0.3) is 5.91 Å². The number of rotatable bonds is 3. The summed E-state index contributed by atoms with van der Waals surface area (Å²) < 4.78 is 24.3. The van der Waals surface area contributed by atoms with Crippen LogP contribution in [0.5, 0.6) is 0 Å². The highest BCUT2D eigenvalue weighted by molar-refractivity contribution is 7.90. The number of nitrogens with zero attached hydrogens (tertiary/aromatic N) is 4. The van der Waals surface area contributed by atoms with Gasteiger partial charge in [-0.3, -0.25) is 4.79 Å². The lowest BCUT2D eigenvalue weighted by Gasteiger charge is -2.06. The van der Waals surface area contributed by atoms with Crippen LogP contribution in [0.25, 0.3) is 5.65 Å². The van der Waals surface area contributed by atoms with Gasteiger partial charge >= 0.3 is 0 Å². The number of hydrogen-bond acceptors (Lipinski definition) is 6. The van der Waals surface area contributed by atoms with E-state index >= 15 is 0 Å². The number of benzene rings is 1. The van der Waals surface area contributed by atoms with E-state index in [1.165, 1.54) is 28.8 Å². The number of hydrogen-bond donors (Lipinski definition) is 1. The van der Waals surface area contributed by atoms with Crippen LogP contribution in [-0.2, 0) is 9.84 Å². The van der Waals surface area contributed by atoms with E-state index in [-0.39, 0.29) is 10.6 Å². The van der Waals surface area contributed by atoms with Gasteiger partial charge in [-0.25, -0.2) is 8.42 Å². The third-order valence-electron chi connectivity index (χ3n) is 3.19. The monoisotopic (exact) mass is 331 g/mol. The molecule has 2 heterocycles. The number of nitrogens with one attached hydrogen (secondary N) is 1. The molecular weight excluding hydrogens is 318 g/mol. The minimum Gasteiger partial charge on any atom is -0.321 e. The summed E-state index contributed by atoms with van der Waals surface area (Å²) in [6.07, 6.45) is 1.13. The zero-order valence-electron chi connectivity index (χ0n) is 12.4. The number of aromatic nitrogens is 4. The molecule has 9 heteroatoms. The van der Waals surface area contributed by atoms with Gasteiger partial charge in [-0.1, -0.05) is 0 Å². The zero-order valence-corrected chi connectivity index (χ0v) is 13.2. The SMILES string of the molecule is Cc1nnc2ccc(C(=O)Nc3ccc(S(C)(=O)=O)cc3)nn12. The predicted molar refractivity (Wildman–Crippen MR) is 83.0 cm³/mol. The molecule has 0 atom stereocenters. The van der Waals surface area contributed by atoms with Crippen molar-refractivity contribution in [1.82, 2.24) is 19.8 Å². The first-order chi connectivity index (χ1) is 10.8. The first-order valence-corrected chi connectivity index (χ1v) is 8.54. The second kappa shape index (κ2) is 5.43. The van der Waals surface area contributed by atoms with E-state index in [0.717, 1.165) is 6.26 Å². The molecular formula is C14H13N5O3S. The molecule has 8 nitrogen and oxygen atoms in total. The fourth-order valence-corrected chi connectivity index (χ4v) is 2.63. The van der Waals surface area contributed by atoms with Crippen molar-refractivity contribution >= 4 is 27.1 Å². The lowest BCUT2D eigenvalue weighted by molar-refractivity contribution is 0.102. The smallest absolute Gasteiger partial charge is 0.276 e. The van der Waals surface area contributed by atoms with Gasteiger partial charge in [-0.05, 0) is 43.3 Å². The highest BCUT2D eigenvalue weighted by Crippen LogP contribution is 2.14. The van der Waals surface area contributed by atoms with Crippen molar-refractivity contribution in [2.45, 2.75) is 11.8 Å². The van der Waals surface area contributed by atoms with Crippen LogP contribution in [0.3, 0.4) is 0 Å². The van der Waals surface area contributed by atoms with E-state index in [1.807, 2.05) is 0 Å². The minimum absolute atomic E-state index is 0.190. The van der Waals surface area contributed by atoms with E-state index in [4.69, 9.17) is 0 Å². The average molecular weight is 331 g/mol. The Kier molecular flexibility index (Phi) is 3.57. The number of amides is 1. The van der Waals surface area contributed by atoms with Gasteiger partial charge in [0.2, 0.25) is 0 Å². The lowest BCUT2D eigenvalue weighted by atomic mass is 10.3. The second-order valence-corrected chi connectivity index (χ2v) is 7.00. The summed E-state index contributed by atoms with van der Waals surface area (Å²) in [5, 5.41) is 14.6. The van der Waals surface area contributed by atoms with Crippen molar-refractivity contribution in [2.75, 3.05) is 11.6 Å². The third kappa shape index (κ3) is 3.04. The Morgan fingerprint density at radius 1 is 1.09 bits per heavy atom. The molecule has 0 bridgehead atoms. The Bertz CT molecular complexity index is 993. The molecule has 1 N–H and O–H groups in total. The van der Waals surface area contributed by atoms with Crippen LogP contribution in [-0.4, -0.2) is 40.4 Å². The maximum absolute atomic E-state index is 12.2. The molecule has 0 fully saturated rings. The first kappa shape index (κ1) is 15.1. The van der Waals surface area contributed by atoms with Crippen LogP contribution in [0.2, 0.25) is 0 Å². The molecule has 0 aliphatic heterocycles. The van der Waals surface area contributed by atoms with Crippen LogP contribution in [0, 0.1) is 6.92 Å².